The third-order valence-corrected chi connectivity index (χ3v) is 3.20. The molecule has 1 aliphatic carbocycles. The van der Waals surface area contributed by atoms with Gasteiger partial charge >= 0.3 is 6.01 Å². The van der Waals surface area contributed by atoms with Gasteiger partial charge in [0.05, 0.1) is 6.54 Å². The highest BCUT2D eigenvalue weighted by atomic mass is 16.4. The van der Waals surface area contributed by atoms with E-state index >= 15 is 0 Å². The van der Waals surface area contributed by atoms with Crippen LogP contribution in [-0.4, -0.2) is 22.8 Å². The summed E-state index contributed by atoms with van der Waals surface area (Å²) in [6.45, 7) is 5.70. The number of hydrogen-bond acceptors (Lipinski definition) is 5. The Kier molecular flexibility index (Phi) is 3.99. The van der Waals surface area contributed by atoms with Crippen molar-refractivity contribution in [2.45, 2.75) is 52.1 Å². The predicted octanol–water partition coefficient (Wildman–Crippen LogP) is 1.93. The molecule has 5 nitrogen and oxygen atoms in total. The van der Waals surface area contributed by atoms with E-state index in [-0.39, 0.29) is 0 Å². The highest BCUT2D eigenvalue weighted by Crippen LogP contribution is 2.28. The van der Waals surface area contributed by atoms with Gasteiger partial charge in [0, 0.05) is 12.6 Å². The van der Waals surface area contributed by atoms with E-state index in [9.17, 15) is 0 Å². The topological polar surface area (TPSA) is 68.2 Å². The zero-order chi connectivity index (χ0) is 12.3. The van der Waals surface area contributed by atoms with Crippen molar-refractivity contribution in [3.63, 3.8) is 0 Å². The van der Waals surface area contributed by atoms with Gasteiger partial charge in [0.2, 0.25) is 5.89 Å². The molecular weight excluding hydrogens is 216 g/mol. The summed E-state index contributed by atoms with van der Waals surface area (Å²) in [6.07, 6.45) is 5.06. The summed E-state index contributed by atoms with van der Waals surface area (Å²) < 4.78 is 5.59. The molecule has 2 N–H and O–H groups in total. The minimum atomic E-state index is 0.313. The Hall–Kier alpha value is -1.10. The van der Waals surface area contributed by atoms with Crippen molar-refractivity contribution >= 4 is 6.01 Å². The van der Waals surface area contributed by atoms with E-state index in [1.54, 1.807) is 0 Å². The van der Waals surface area contributed by atoms with Crippen LogP contribution in [0, 0.1) is 5.92 Å². The standard InChI is InChI=1S/C12H22N4O/c1-9(2)8-16(10-5-3-4-6-10)12-15-14-11(7-13)17-12/h9-10H,3-8,13H2,1-2H3. The summed E-state index contributed by atoms with van der Waals surface area (Å²) in [7, 11) is 0. The van der Waals surface area contributed by atoms with E-state index in [4.69, 9.17) is 10.2 Å². The molecule has 1 saturated carbocycles. The smallest absolute Gasteiger partial charge is 0.318 e. The van der Waals surface area contributed by atoms with Crippen LogP contribution in [0.3, 0.4) is 0 Å². The molecule has 0 spiro atoms. The summed E-state index contributed by atoms with van der Waals surface area (Å²) in [6, 6.07) is 1.20. The third-order valence-electron chi connectivity index (χ3n) is 3.20. The molecule has 96 valence electrons. The van der Waals surface area contributed by atoms with Crippen LogP contribution >= 0.6 is 0 Å². The van der Waals surface area contributed by atoms with Crippen molar-refractivity contribution in [2.24, 2.45) is 11.7 Å². The summed E-state index contributed by atoms with van der Waals surface area (Å²) in [5, 5.41) is 8.07. The van der Waals surface area contributed by atoms with Crippen molar-refractivity contribution < 1.29 is 4.42 Å². The number of aromatic nitrogens is 2. The zero-order valence-electron chi connectivity index (χ0n) is 10.7. The van der Waals surface area contributed by atoms with Crippen molar-refractivity contribution in [2.75, 3.05) is 11.4 Å². The van der Waals surface area contributed by atoms with Gasteiger partial charge in [0.15, 0.2) is 0 Å². The molecule has 0 bridgehead atoms. The molecule has 1 aromatic heterocycles. The van der Waals surface area contributed by atoms with Crippen molar-refractivity contribution in [3.8, 4) is 0 Å². The Morgan fingerprint density at radius 3 is 2.59 bits per heavy atom. The first-order valence-corrected chi connectivity index (χ1v) is 6.49. The van der Waals surface area contributed by atoms with Gasteiger partial charge in [0.1, 0.15) is 0 Å². The maximum Gasteiger partial charge on any atom is 0.318 e. The maximum absolute atomic E-state index is 5.59. The molecule has 5 heteroatoms. The molecule has 2 rings (SSSR count). The molecule has 0 saturated heterocycles. The molecule has 1 heterocycles. The average Bonchev–Trinajstić information content (AvgIpc) is 2.97. The SMILES string of the molecule is CC(C)CN(c1nnc(CN)o1)C1CCCC1. The minimum absolute atomic E-state index is 0.313. The first kappa shape index (κ1) is 12.4. The van der Waals surface area contributed by atoms with Gasteiger partial charge < -0.3 is 15.1 Å². The second-order valence-electron chi connectivity index (χ2n) is 5.17. The quantitative estimate of drug-likeness (QED) is 0.849. The van der Waals surface area contributed by atoms with E-state index in [1.807, 2.05) is 0 Å². The van der Waals surface area contributed by atoms with Crippen LogP contribution in [0.1, 0.15) is 45.4 Å². The molecule has 1 aromatic rings. The van der Waals surface area contributed by atoms with Crippen molar-refractivity contribution in [1.29, 1.82) is 0 Å². The molecule has 0 atom stereocenters. The normalized spacial score (nSPS) is 16.9. The molecule has 1 fully saturated rings. The molecular formula is C12H22N4O. The van der Waals surface area contributed by atoms with Crippen molar-refractivity contribution in [1.82, 2.24) is 10.2 Å². The Balaban J connectivity index is 2.13. The molecule has 1 aliphatic rings. The summed E-state index contributed by atoms with van der Waals surface area (Å²) in [5.41, 5.74) is 5.50. The number of anilines is 1. The fourth-order valence-corrected chi connectivity index (χ4v) is 2.44. The largest absolute Gasteiger partial charge is 0.407 e. The molecule has 17 heavy (non-hydrogen) atoms. The maximum atomic E-state index is 5.59. The van der Waals surface area contributed by atoms with Crippen LogP contribution in [0.4, 0.5) is 6.01 Å². The molecule has 0 aliphatic heterocycles. The Bertz CT molecular complexity index is 344. The Morgan fingerprint density at radius 1 is 1.35 bits per heavy atom. The van der Waals surface area contributed by atoms with E-state index in [0.29, 0.717) is 30.4 Å². The van der Waals surface area contributed by atoms with Crippen LogP contribution in [0.2, 0.25) is 0 Å². The summed E-state index contributed by atoms with van der Waals surface area (Å²) in [5.74, 6) is 1.11. The summed E-state index contributed by atoms with van der Waals surface area (Å²) >= 11 is 0. The van der Waals surface area contributed by atoms with Gasteiger partial charge in [-0.1, -0.05) is 31.8 Å². The van der Waals surface area contributed by atoms with Crippen LogP contribution in [0.25, 0.3) is 0 Å². The van der Waals surface area contributed by atoms with Gasteiger partial charge in [-0.2, -0.15) is 0 Å². The lowest BCUT2D eigenvalue weighted by Crippen LogP contribution is -2.36. The van der Waals surface area contributed by atoms with Crippen molar-refractivity contribution in [3.05, 3.63) is 5.89 Å². The Morgan fingerprint density at radius 2 is 2.06 bits per heavy atom. The number of hydrogen-bond donors (Lipinski definition) is 1. The van der Waals surface area contributed by atoms with Crippen LogP contribution < -0.4 is 10.6 Å². The number of nitrogens with zero attached hydrogens (tertiary/aromatic N) is 3. The van der Waals surface area contributed by atoms with E-state index < -0.39 is 0 Å². The second kappa shape index (κ2) is 5.49. The fourth-order valence-electron chi connectivity index (χ4n) is 2.44. The third kappa shape index (κ3) is 2.97. The molecule has 0 amide bonds. The van der Waals surface area contributed by atoms with Crippen LogP contribution in [0.15, 0.2) is 4.42 Å². The van der Waals surface area contributed by atoms with Gasteiger partial charge in [-0.15, -0.1) is 5.10 Å². The lowest BCUT2D eigenvalue weighted by molar-refractivity contribution is 0.442. The monoisotopic (exact) mass is 238 g/mol. The highest BCUT2D eigenvalue weighted by Gasteiger charge is 2.26. The first-order chi connectivity index (χ1) is 8.20. The van der Waals surface area contributed by atoms with E-state index in [0.717, 1.165) is 6.54 Å². The molecule has 0 unspecified atom stereocenters. The van der Waals surface area contributed by atoms with Gasteiger partial charge in [0.25, 0.3) is 0 Å². The molecule has 0 aromatic carbocycles. The van der Waals surface area contributed by atoms with Gasteiger partial charge in [-0.3, -0.25) is 0 Å². The van der Waals surface area contributed by atoms with Crippen LogP contribution in [-0.2, 0) is 6.54 Å². The zero-order valence-corrected chi connectivity index (χ0v) is 10.7. The lowest BCUT2D eigenvalue weighted by atomic mass is 10.1. The Labute approximate surface area is 102 Å². The second-order valence-corrected chi connectivity index (χ2v) is 5.17. The van der Waals surface area contributed by atoms with Crippen LogP contribution in [0.5, 0.6) is 0 Å². The minimum Gasteiger partial charge on any atom is -0.407 e. The predicted molar refractivity (Wildman–Crippen MR) is 66.6 cm³/mol. The van der Waals surface area contributed by atoms with E-state index in [1.165, 1.54) is 25.7 Å². The van der Waals surface area contributed by atoms with Gasteiger partial charge in [-0.25, -0.2) is 0 Å². The first-order valence-electron chi connectivity index (χ1n) is 6.49. The fraction of sp³-hybridized carbons (Fsp3) is 0.833. The number of nitrogens with two attached hydrogens (primary N) is 1. The average molecular weight is 238 g/mol. The molecule has 0 radical (unpaired) electrons. The number of rotatable bonds is 5. The highest BCUT2D eigenvalue weighted by molar-refractivity contribution is 5.27. The van der Waals surface area contributed by atoms with Gasteiger partial charge in [-0.05, 0) is 18.8 Å². The lowest BCUT2D eigenvalue weighted by Gasteiger charge is -2.28. The van der Waals surface area contributed by atoms with E-state index in [2.05, 4.69) is 28.9 Å². The summed E-state index contributed by atoms with van der Waals surface area (Å²) in [4.78, 5) is 2.27.